The Morgan fingerprint density at radius 3 is 1.76 bits per heavy atom. The lowest BCUT2D eigenvalue weighted by atomic mass is 9.90. The van der Waals surface area contributed by atoms with Crippen LogP contribution in [-0.4, -0.2) is 49.5 Å². The SMILES string of the molecule is CC(=O)NC1C(OCc2ccccc2)[C@H](OCc2ccccc2)C(COCc2ccccc2)O[C@@H]1CCN. The van der Waals surface area contributed by atoms with Gasteiger partial charge in [0.15, 0.2) is 0 Å². The van der Waals surface area contributed by atoms with E-state index in [0.29, 0.717) is 39.4 Å². The van der Waals surface area contributed by atoms with Crippen molar-refractivity contribution >= 4 is 5.91 Å². The minimum Gasteiger partial charge on any atom is -0.374 e. The van der Waals surface area contributed by atoms with Gasteiger partial charge in [-0.3, -0.25) is 4.79 Å². The molecule has 0 radical (unpaired) electrons. The van der Waals surface area contributed by atoms with Crippen molar-refractivity contribution in [3.8, 4) is 0 Å². The fourth-order valence-corrected chi connectivity index (χ4v) is 4.77. The van der Waals surface area contributed by atoms with Crippen LogP contribution in [0, 0.1) is 0 Å². The summed E-state index contributed by atoms with van der Waals surface area (Å²) >= 11 is 0. The summed E-state index contributed by atoms with van der Waals surface area (Å²) in [5.74, 6) is -0.158. The fraction of sp³-hybridized carbons (Fsp3) is 0.387. The van der Waals surface area contributed by atoms with E-state index in [9.17, 15) is 4.79 Å². The number of nitrogens with one attached hydrogen (secondary N) is 1. The molecule has 1 aliphatic heterocycles. The molecule has 7 nitrogen and oxygen atoms in total. The number of carbonyl (C=O) groups excluding carboxylic acids is 1. The van der Waals surface area contributed by atoms with Crippen LogP contribution < -0.4 is 11.1 Å². The van der Waals surface area contributed by atoms with E-state index in [0.717, 1.165) is 16.7 Å². The number of carbonyl (C=O) groups is 1. The average molecular weight is 519 g/mol. The minimum atomic E-state index is -0.486. The van der Waals surface area contributed by atoms with Gasteiger partial charge in [-0.2, -0.15) is 0 Å². The zero-order valence-electron chi connectivity index (χ0n) is 21.9. The normalized spacial score (nSPS) is 23.2. The third-order valence-electron chi connectivity index (χ3n) is 6.58. The predicted octanol–water partition coefficient (Wildman–Crippen LogP) is 3.99. The van der Waals surface area contributed by atoms with E-state index in [1.54, 1.807) is 0 Å². The lowest BCUT2D eigenvalue weighted by Gasteiger charge is -2.46. The molecular formula is C31H38N2O5. The molecule has 38 heavy (non-hydrogen) atoms. The Bertz CT molecular complexity index is 1080. The molecule has 3 aromatic rings. The summed E-state index contributed by atoms with van der Waals surface area (Å²) in [6, 6.07) is 29.6. The van der Waals surface area contributed by atoms with Crippen LogP contribution in [-0.2, 0) is 43.6 Å². The minimum absolute atomic E-state index is 0.158. The topological polar surface area (TPSA) is 92.0 Å². The Morgan fingerprint density at radius 2 is 1.26 bits per heavy atom. The smallest absolute Gasteiger partial charge is 0.217 e. The van der Waals surface area contributed by atoms with E-state index >= 15 is 0 Å². The van der Waals surface area contributed by atoms with Crippen LogP contribution in [0.5, 0.6) is 0 Å². The molecule has 202 valence electrons. The van der Waals surface area contributed by atoms with Gasteiger partial charge < -0.3 is 30.0 Å². The van der Waals surface area contributed by atoms with Crippen LogP contribution in [0.15, 0.2) is 91.0 Å². The molecule has 7 heteroatoms. The first kappa shape index (κ1) is 28.0. The Hall–Kier alpha value is -3.07. The van der Waals surface area contributed by atoms with Gasteiger partial charge in [-0.25, -0.2) is 0 Å². The van der Waals surface area contributed by atoms with Crippen molar-refractivity contribution in [1.29, 1.82) is 0 Å². The fourth-order valence-electron chi connectivity index (χ4n) is 4.77. The van der Waals surface area contributed by atoms with Gasteiger partial charge in [0.1, 0.15) is 18.3 Å². The van der Waals surface area contributed by atoms with Gasteiger partial charge in [0.25, 0.3) is 0 Å². The number of hydrogen-bond donors (Lipinski definition) is 2. The second kappa shape index (κ2) is 14.8. The van der Waals surface area contributed by atoms with Crippen molar-refractivity contribution in [2.75, 3.05) is 13.2 Å². The van der Waals surface area contributed by atoms with Crippen molar-refractivity contribution in [3.05, 3.63) is 108 Å². The molecule has 1 saturated heterocycles. The molecule has 0 aliphatic carbocycles. The average Bonchev–Trinajstić information content (AvgIpc) is 2.94. The molecule has 1 aliphatic rings. The third kappa shape index (κ3) is 8.21. The van der Waals surface area contributed by atoms with Gasteiger partial charge >= 0.3 is 0 Å². The lowest BCUT2D eigenvalue weighted by Crippen LogP contribution is -2.65. The molecule has 3 N–H and O–H groups in total. The van der Waals surface area contributed by atoms with E-state index < -0.39 is 24.4 Å². The third-order valence-corrected chi connectivity index (χ3v) is 6.58. The van der Waals surface area contributed by atoms with Gasteiger partial charge in [0.05, 0.1) is 38.6 Å². The summed E-state index contributed by atoms with van der Waals surface area (Å²) in [6.07, 6.45) is -1.15. The van der Waals surface area contributed by atoms with Gasteiger partial charge in [-0.1, -0.05) is 91.0 Å². The number of rotatable bonds is 13. The maximum absolute atomic E-state index is 12.3. The number of amides is 1. The predicted molar refractivity (Wildman–Crippen MR) is 146 cm³/mol. The molecule has 0 aromatic heterocycles. The molecular weight excluding hydrogens is 480 g/mol. The van der Waals surface area contributed by atoms with E-state index in [1.165, 1.54) is 6.92 Å². The van der Waals surface area contributed by atoms with Crippen LogP contribution >= 0.6 is 0 Å². The van der Waals surface area contributed by atoms with Crippen molar-refractivity contribution in [3.63, 3.8) is 0 Å². The summed E-state index contributed by atoms with van der Waals surface area (Å²) in [6.45, 7) is 3.44. The highest BCUT2D eigenvalue weighted by atomic mass is 16.6. The van der Waals surface area contributed by atoms with Crippen LogP contribution in [0.1, 0.15) is 30.0 Å². The standard InChI is InChI=1S/C31H38N2O5/c1-23(34)33-29-27(17-18-32)38-28(22-35-19-24-11-5-2-6-12-24)30(36-20-25-13-7-3-8-14-25)31(29)37-21-26-15-9-4-10-16-26/h2-16,27-31H,17-22,32H2,1H3,(H,33,34)/t27-,28?,29?,30-,31?/m1/s1. The Kier molecular flexibility index (Phi) is 10.9. The van der Waals surface area contributed by atoms with E-state index in [-0.39, 0.29) is 12.0 Å². The van der Waals surface area contributed by atoms with Crippen LogP contribution in [0.25, 0.3) is 0 Å². The van der Waals surface area contributed by atoms with E-state index in [2.05, 4.69) is 5.32 Å². The van der Waals surface area contributed by atoms with Crippen molar-refractivity contribution in [2.45, 2.75) is 63.6 Å². The van der Waals surface area contributed by atoms with Crippen LogP contribution in [0.3, 0.4) is 0 Å². The quantitative estimate of drug-likeness (QED) is 0.356. The molecule has 1 fully saturated rings. The zero-order valence-corrected chi connectivity index (χ0v) is 21.9. The van der Waals surface area contributed by atoms with Crippen molar-refractivity contribution < 1.29 is 23.7 Å². The highest BCUT2D eigenvalue weighted by Crippen LogP contribution is 2.30. The molecule has 1 heterocycles. The first-order valence-electron chi connectivity index (χ1n) is 13.2. The molecule has 0 saturated carbocycles. The molecule has 4 rings (SSSR count). The Morgan fingerprint density at radius 1 is 0.763 bits per heavy atom. The maximum Gasteiger partial charge on any atom is 0.217 e. The van der Waals surface area contributed by atoms with Gasteiger partial charge in [-0.15, -0.1) is 0 Å². The number of hydrogen-bond acceptors (Lipinski definition) is 6. The highest BCUT2D eigenvalue weighted by Gasteiger charge is 2.47. The second-order valence-electron chi connectivity index (χ2n) is 9.54. The Balaban J connectivity index is 1.58. The molecule has 0 spiro atoms. The Labute approximate surface area is 225 Å². The molecule has 1 amide bonds. The summed E-state index contributed by atoms with van der Waals surface area (Å²) in [4.78, 5) is 12.3. The first-order chi connectivity index (χ1) is 18.6. The maximum atomic E-state index is 12.3. The summed E-state index contributed by atoms with van der Waals surface area (Å²) in [7, 11) is 0. The van der Waals surface area contributed by atoms with Crippen LogP contribution in [0.4, 0.5) is 0 Å². The summed E-state index contributed by atoms with van der Waals surface area (Å²) in [5.41, 5.74) is 9.11. The molecule has 3 unspecified atom stereocenters. The largest absolute Gasteiger partial charge is 0.374 e. The lowest BCUT2D eigenvalue weighted by molar-refractivity contribution is -0.233. The van der Waals surface area contributed by atoms with Crippen molar-refractivity contribution in [2.24, 2.45) is 5.73 Å². The van der Waals surface area contributed by atoms with Gasteiger partial charge in [0, 0.05) is 6.92 Å². The summed E-state index contributed by atoms with van der Waals surface area (Å²) in [5, 5.41) is 3.07. The van der Waals surface area contributed by atoms with Gasteiger partial charge in [-0.05, 0) is 29.7 Å². The van der Waals surface area contributed by atoms with Crippen molar-refractivity contribution in [1.82, 2.24) is 5.32 Å². The molecule has 0 bridgehead atoms. The first-order valence-corrected chi connectivity index (χ1v) is 13.2. The number of benzene rings is 3. The van der Waals surface area contributed by atoms with E-state index in [1.807, 2.05) is 91.0 Å². The van der Waals surface area contributed by atoms with Crippen LogP contribution in [0.2, 0.25) is 0 Å². The molecule has 3 aromatic carbocycles. The molecule has 5 atom stereocenters. The summed E-state index contributed by atoms with van der Waals surface area (Å²) < 4.78 is 25.7. The monoisotopic (exact) mass is 518 g/mol. The number of ether oxygens (including phenoxy) is 4. The second-order valence-corrected chi connectivity index (χ2v) is 9.54. The van der Waals surface area contributed by atoms with Gasteiger partial charge in [0.2, 0.25) is 5.91 Å². The number of nitrogens with two attached hydrogens (primary N) is 1. The highest BCUT2D eigenvalue weighted by molar-refractivity contribution is 5.73. The zero-order chi connectivity index (χ0) is 26.6. The van der Waals surface area contributed by atoms with E-state index in [4.69, 9.17) is 24.7 Å².